The Kier molecular flexibility index (Phi) is 23.1. The molecule has 0 radical (unpaired) electrons. The third kappa shape index (κ3) is 27.0. The van der Waals surface area contributed by atoms with Crippen molar-refractivity contribution in [1.29, 1.82) is 0 Å². The summed E-state index contributed by atoms with van der Waals surface area (Å²) in [5.74, 6) is -0.814. The molecule has 0 aromatic carbocycles. The fraction of sp³-hybridized carbons (Fsp3) is 0.931. The van der Waals surface area contributed by atoms with E-state index in [9.17, 15) is 19.0 Å². The Morgan fingerprint density at radius 3 is 1.64 bits per heavy atom. The molecule has 0 aliphatic heterocycles. The van der Waals surface area contributed by atoms with Crippen LogP contribution in [-0.4, -0.2) is 74.9 Å². The Balaban J connectivity index is 4.52. The number of nitrogens with zero attached hydrogens (tertiary/aromatic N) is 1. The summed E-state index contributed by atoms with van der Waals surface area (Å²) < 4.78 is 33.7. The minimum Gasteiger partial charge on any atom is -0.462 e. The molecular formula is C29H59NO8P+. The molecule has 39 heavy (non-hydrogen) atoms. The minimum absolute atomic E-state index is 0.0352. The molecule has 10 heteroatoms. The zero-order chi connectivity index (χ0) is 29.4. The van der Waals surface area contributed by atoms with Crippen molar-refractivity contribution in [2.24, 2.45) is 0 Å². The molecule has 0 aliphatic carbocycles. The molecule has 232 valence electrons. The summed E-state index contributed by atoms with van der Waals surface area (Å²) in [6.45, 7) is 4.28. The first-order valence-corrected chi connectivity index (χ1v) is 16.8. The molecule has 0 saturated carbocycles. The first-order valence-electron chi connectivity index (χ1n) is 15.3. The zero-order valence-corrected chi connectivity index (χ0v) is 26.5. The maximum atomic E-state index is 12.4. The van der Waals surface area contributed by atoms with Gasteiger partial charge in [-0.15, -0.1) is 0 Å². The lowest BCUT2D eigenvalue weighted by molar-refractivity contribution is -0.870. The first-order chi connectivity index (χ1) is 18.5. The first kappa shape index (κ1) is 38.0. The van der Waals surface area contributed by atoms with Gasteiger partial charge in [0.1, 0.15) is 19.8 Å². The monoisotopic (exact) mass is 580 g/mol. The van der Waals surface area contributed by atoms with Crippen molar-refractivity contribution in [3.8, 4) is 0 Å². The van der Waals surface area contributed by atoms with Crippen LogP contribution >= 0.6 is 7.82 Å². The van der Waals surface area contributed by atoms with Gasteiger partial charge >= 0.3 is 19.8 Å². The van der Waals surface area contributed by atoms with Gasteiger partial charge in [-0.25, -0.2) is 4.57 Å². The highest BCUT2D eigenvalue weighted by molar-refractivity contribution is 7.47. The summed E-state index contributed by atoms with van der Waals surface area (Å²) >= 11 is 0. The number of rotatable bonds is 27. The van der Waals surface area contributed by atoms with Gasteiger partial charge in [0.25, 0.3) is 0 Å². The summed E-state index contributed by atoms with van der Waals surface area (Å²) in [5.41, 5.74) is 0. The number of hydrogen-bond acceptors (Lipinski definition) is 7. The van der Waals surface area contributed by atoms with Gasteiger partial charge in [0, 0.05) is 12.8 Å². The van der Waals surface area contributed by atoms with Gasteiger partial charge in [-0.2, -0.15) is 0 Å². The summed E-state index contributed by atoms with van der Waals surface area (Å²) in [5, 5.41) is 0. The maximum Gasteiger partial charge on any atom is 0.472 e. The van der Waals surface area contributed by atoms with Crippen molar-refractivity contribution >= 4 is 19.8 Å². The average Bonchev–Trinajstić information content (AvgIpc) is 2.85. The van der Waals surface area contributed by atoms with Gasteiger partial charge in [-0.05, 0) is 12.8 Å². The molecule has 1 N–H and O–H groups in total. The number of likely N-dealkylation sites (N-methyl/N-ethyl adjacent to an activating group) is 1. The zero-order valence-electron chi connectivity index (χ0n) is 25.6. The van der Waals surface area contributed by atoms with E-state index in [1.54, 1.807) is 0 Å². The largest absolute Gasteiger partial charge is 0.472 e. The number of quaternary nitrogens is 1. The Hall–Kier alpha value is -0.990. The van der Waals surface area contributed by atoms with E-state index in [-0.39, 0.29) is 32.0 Å². The highest BCUT2D eigenvalue weighted by atomic mass is 31.2. The van der Waals surface area contributed by atoms with Crippen LogP contribution in [0.3, 0.4) is 0 Å². The number of phosphoric ester groups is 1. The van der Waals surface area contributed by atoms with E-state index < -0.39 is 26.5 Å². The van der Waals surface area contributed by atoms with Crippen molar-refractivity contribution in [2.75, 3.05) is 47.5 Å². The molecule has 0 rings (SSSR count). The predicted octanol–water partition coefficient (Wildman–Crippen LogP) is 6.95. The second-order valence-corrected chi connectivity index (χ2v) is 13.0. The summed E-state index contributed by atoms with van der Waals surface area (Å²) in [7, 11) is 1.48. The third-order valence-corrected chi connectivity index (χ3v) is 7.37. The molecule has 0 amide bonds. The molecule has 0 heterocycles. The smallest absolute Gasteiger partial charge is 0.462 e. The summed E-state index contributed by atoms with van der Waals surface area (Å²) in [6, 6.07) is 0. The van der Waals surface area contributed by atoms with Gasteiger partial charge in [0.15, 0.2) is 6.10 Å². The number of hydrogen-bond donors (Lipinski definition) is 1. The second kappa shape index (κ2) is 23.7. The molecule has 0 bridgehead atoms. The number of phosphoric acid groups is 1. The van der Waals surface area contributed by atoms with Crippen molar-refractivity contribution in [3.05, 3.63) is 0 Å². The topological polar surface area (TPSA) is 108 Å². The van der Waals surface area contributed by atoms with E-state index in [4.69, 9.17) is 18.5 Å². The molecule has 0 fully saturated rings. The Labute approximate surface area is 238 Å². The quantitative estimate of drug-likeness (QED) is 0.0481. The predicted molar refractivity (Wildman–Crippen MR) is 155 cm³/mol. The molecule has 0 aromatic heterocycles. The highest BCUT2D eigenvalue weighted by Gasteiger charge is 2.27. The summed E-state index contributed by atoms with van der Waals surface area (Å²) in [4.78, 5) is 34.6. The molecule has 1 unspecified atom stereocenters. The van der Waals surface area contributed by atoms with Gasteiger partial charge in [-0.3, -0.25) is 18.6 Å². The molecule has 0 aliphatic rings. The van der Waals surface area contributed by atoms with Crippen LogP contribution in [0.5, 0.6) is 0 Å². The molecule has 2 atom stereocenters. The van der Waals surface area contributed by atoms with E-state index in [2.05, 4.69) is 13.8 Å². The molecular weight excluding hydrogens is 521 g/mol. The van der Waals surface area contributed by atoms with Gasteiger partial charge in [0.05, 0.1) is 27.7 Å². The fourth-order valence-electron chi connectivity index (χ4n) is 3.89. The number of carbonyl (C=O) groups is 2. The maximum absolute atomic E-state index is 12.4. The van der Waals surface area contributed by atoms with E-state index in [1.165, 1.54) is 44.9 Å². The van der Waals surface area contributed by atoms with Gasteiger partial charge in [-0.1, -0.05) is 97.3 Å². The lowest BCUT2D eigenvalue weighted by Gasteiger charge is -2.24. The standard InChI is InChI=1S/C29H58NO8P/c1-6-8-10-12-13-14-15-16-18-20-22-29(32)38-27(25-35-28(31)21-19-17-11-9-7-2)26-37-39(33,34)36-24-23-30(3,4)5/h27H,6-26H2,1-5H3/p+1/t27-/m1/s1. The van der Waals surface area contributed by atoms with E-state index in [1.807, 2.05) is 21.1 Å². The Morgan fingerprint density at radius 1 is 0.692 bits per heavy atom. The van der Waals surface area contributed by atoms with Crippen LogP contribution in [-0.2, 0) is 32.7 Å². The molecule has 0 aromatic rings. The number of esters is 2. The molecule has 0 spiro atoms. The molecule has 0 saturated heterocycles. The Morgan fingerprint density at radius 2 is 1.15 bits per heavy atom. The van der Waals surface area contributed by atoms with Crippen LogP contribution < -0.4 is 0 Å². The van der Waals surface area contributed by atoms with Crippen LogP contribution in [0.2, 0.25) is 0 Å². The number of unbranched alkanes of at least 4 members (excludes halogenated alkanes) is 13. The van der Waals surface area contributed by atoms with Crippen LogP contribution in [0.25, 0.3) is 0 Å². The second-order valence-electron chi connectivity index (χ2n) is 11.5. The van der Waals surface area contributed by atoms with Gasteiger partial charge < -0.3 is 18.9 Å². The lowest BCUT2D eigenvalue weighted by Crippen LogP contribution is -2.37. The van der Waals surface area contributed by atoms with Crippen molar-refractivity contribution in [3.63, 3.8) is 0 Å². The van der Waals surface area contributed by atoms with E-state index in [0.29, 0.717) is 17.4 Å². The SMILES string of the molecule is CCCCCCCCCCCCC(=O)O[C@H](COC(=O)CCCCCCC)COP(=O)(O)OCC[N+](C)(C)C. The van der Waals surface area contributed by atoms with Crippen LogP contribution in [0, 0.1) is 0 Å². The average molecular weight is 581 g/mol. The van der Waals surface area contributed by atoms with Crippen molar-refractivity contribution in [2.45, 2.75) is 129 Å². The minimum atomic E-state index is -4.34. The number of carbonyl (C=O) groups excluding carboxylic acids is 2. The normalized spacial score (nSPS) is 14.1. The van der Waals surface area contributed by atoms with Crippen LogP contribution in [0.1, 0.15) is 123 Å². The third-order valence-electron chi connectivity index (χ3n) is 6.39. The highest BCUT2D eigenvalue weighted by Crippen LogP contribution is 2.43. The summed E-state index contributed by atoms with van der Waals surface area (Å²) in [6.07, 6.45) is 16.2. The Bertz CT molecular complexity index is 668. The molecule has 9 nitrogen and oxygen atoms in total. The van der Waals surface area contributed by atoms with Crippen molar-refractivity contribution < 1.29 is 42.1 Å². The van der Waals surface area contributed by atoms with Crippen LogP contribution in [0.15, 0.2) is 0 Å². The van der Waals surface area contributed by atoms with Crippen molar-refractivity contribution in [1.82, 2.24) is 0 Å². The van der Waals surface area contributed by atoms with E-state index in [0.717, 1.165) is 44.9 Å². The number of ether oxygens (including phenoxy) is 2. The lowest BCUT2D eigenvalue weighted by atomic mass is 10.1. The van der Waals surface area contributed by atoms with Crippen LogP contribution in [0.4, 0.5) is 0 Å². The van der Waals surface area contributed by atoms with E-state index >= 15 is 0 Å². The van der Waals surface area contributed by atoms with Gasteiger partial charge in [0.2, 0.25) is 0 Å². The fourth-order valence-corrected chi connectivity index (χ4v) is 4.63.